The third-order valence-electron chi connectivity index (χ3n) is 3.63. The highest BCUT2D eigenvalue weighted by molar-refractivity contribution is 14.0. The van der Waals surface area contributed by atoms with Gasteiger partial charge in [-0.3, -0.25) is 0 Å². The summed E-state index contributed by atoms with van der Waals surface area (Å²) in [6.07, 6.45) is 3.83. The molecule has 2 rings (SSSR count). The molecule has 0 fully saturated rings. The molecule has 0 radical (unpaired) electrons. The first-order chi connectivity index (χ1) is 11.7. The zero-order valence-corrected chi connectivity index (χ0v) is 17.5. The van der Waals surface area contributed by atoms with E-state index < -0.39 is 0 Å². The minimum absolute atomic E-state index is 0. The van der Waals surface area contributed by atoms with Crippen LogP contribution in [0, 0.1) is 6.92 Å². The third kappa shape index (κ3) is 7.43. The summed E-state index contributed by atoms with van der Waals surface area (Å²) < 4.78 is 7.19. The first kappa shape index (κ1) is 21.4. The fourth-order valence-corrected chi connectivity index (χ4v) is 2.38. The van der Waals surface area contributed by atoms with Crippen molar-refractivity contribution in [2.24, 2.45) is 4.99 Å². The number of aliphatic imine (C=N–C) groups is 1. The standard InChI is InChI=1S/C18H27N5O.HI/c1-4-19-18(21-9-11-24-3)22-13-16-6-5-7-17(12-16)14-23-10-8-20-15(23)2;/h5-8,10,12H,4,9,11,13-14H2,1-3H3,(H2,19,21,22);1H. The molecule has 0 saturated heterocycles. The zero-order valence-electron chi connectivity index (χ0n) is 15.2. The molecule has 7 heteroatoms. The monoisotopic (exact) mass is 457 g/mol. The normalized spacial score (nSPS) is 11.1. The van der Waals surface area contributed by atoms with Crippen LogP contribution < -0.4 is 10.6 Å². The Morgan fingerprint density at radius 3 is 2.76 bits per heavy atom. The number of methoxy groups -OCH3 is 1. The highest BCUT2D eigenvalue weighted by Gasteiger charge is 2.01. The quantitative estimate of drug-likeness (QED) is 0.277. The highest BCUT2D eigenvalue weighted by atomic mass is 127. The van der Waals surface area contributed by atoms with Crippen molar-refractivity contribution in [1.29, 1.82) is 0 Å². The number of hydrogen-bond acceptors (Lipinski definition) is 3. The largest absolute Gasteiger partial charge is 0.383 e. The summed E-state index contributed by atoms with van der Waals surface area (Å²) in [6, 6.07) is 8.51. The fourth-order valence-electron chi connectivity index (χ4n) is 2.38. The number of nitrogens with zero attached hydrogens (tertiary/aromatic N) is 3. The van der Waals surface area contributed by atoms with Crippen molar-refractivity contribution in [2.45, 2.75) is 26.9 Å². The van der Waals surface area contributed by atoms with Crippen LogP contribution in [-0.2, 0) is 17.8 Å². The maximum absolute atomic E-state index is 5.06. The van der Waals surface area contributed by atoms with E-state index in [4.69, 9.17) is 4.74 Å². The Labute approximate surface area is 167 Å². The molecule has 0 spiro atoms. The van der Waals surface area contributed by atoms with E-state index in [1.807, 2.05) is 19.3 Å². The van der Waals surface area contributed by atoms with E-state index in [0.29, 0.717) is 13.2 Å². The van der Waals surface area contributed by atoms with Crippen molar-refractivity contribution < 1.29 is 4.74 Å². The lowest BCUT2D eigenvalue weighted by Gasteiger charge is -2.11. The molecule has 1 aromatic carbocycles. The van der Waals surface area contributed by atoms with Crippen molar-refractivity contribution in [1.82, 2.24) is 20.2 Å². The van der Waals surface area contributed by atoms with Crippen molar-refractivity contribution >= 4 is 29.9 Å². The molecular formula is C18H28IN5O. The second-order valence-corrected chi connectivity index (χ2v) is 5.54. The molecule has 2 aromatic rings. The van der Waals surface area contributed by atoms with Crippen LogP contribution in [-0.4, -0.2) is 42.3 Å². The lowest BCUT2D eigenvalue weighted by molar-refractivity contribution is 0.203. The van der Waals surface area contributed by atoms with E-state index in [0.717, 1.165) is 31.4 Å². The van der Waals surface area contributed by atoms with Gasteiger partial charge in [0, 0.05) is 39.1 Å². The summed E-state index contributed by atoms with van der Waals surface area (Å²) in [5.74, 6) is 1.83. The van der Waals surface area contributed by atoms with Gasteiger partial charge in [-0.2, -0.15) is 0 Å². The summed E-state index contributed by atoms with van der Waals surface area (Å²) in [7, 11) is 1.69. The van der Waals surface area contributed by atoms with E-state index in [2.05, 4.69) is 56.4 Å². The minimum atomic E-state index is 0. The maximum Gasteiger partial charge on any atom is 0.191 e. The Balaban J connectivity index is 0.00000312. The van der Waals surface area contributed by atoms with Crippen LogP contribution in [0.25, 0.3) is 0 Å². The number of halogens is 1. The van der Waals surface area contributed by atoms with Gasteiger partial charge in [0.2, 0.25) is 0 Å². The molecule has 0 aliphatic rings. The average molecular weight is 457 g/mol. The molecular weight excluding hydrogens is 429 g/mol. The number of hydrogen-bond donors (Lipinski definition) is 2. The van der Waals surface area contributed by atoms with Crippen molar-refractivity contribution in [3.05, 3.63) is 53.6 Å². The van der Waals surface area contributed by atoms with Gasteiger partial charge in [0.05, 0.1) is 13.2 Å². The van der Waals surface area contributed by atoms with Crippen LogP contribution in [0.2, 0.25) is 0 Å². The van der Waals surface area contributed by atoms with Crippen LogP contribution in [0.15, 0.2) is 41.7 Å². The van der Waals surface area contributed by atoms with Gasteiger partial charge in [-0.15, -0.1) is 24.0 Å². The molecule has 1 heterocycles. The molecule has 0 unspecified atom stereocenters. The van der Waals surface area contributed by atoms with E-state index in [1.54, 1.807) is 7.11 Å². The van der Waals surface area contributed by atoms with Crippen molar-refractivity contribution in [2.75, 3.05) is 26.8 Å². The minimum Gasteiger partial charge on any atom is -0.383 e. The SMILES string of the molecule is CCNC(=NCc1cccc(Cn2ccnc2C)c1)NCCOC.I. The lowest BCUT2D eigenvalue weighted by atomic mass is 10.1. The van der Waals surface area contributed by atoms with E-state index in [1.165, 1.54) is 11.1 Å². The molecule has 0 amide bonds. The Hall–Kier alpha value is -1.61. The van der Waals surface area contributed by atoms with E-state index in [-0.39, 0.29) is 24.0 Å². The molecule has 1 aromatic heterocycles. The Bertz CT molecular complexity index is 656. The second kappa shape index (κ2) is 11.9. The van der Waals surface area contributed by atoms with Gasteiger partial charge in [-0.05, 0) is 25.0 Å². The predicted octanol–water partition coefficient (Wildman–Crippen LogP) is 2.56. The van der Waals surface area contributed by atoms with Gasteiger partial charge >= 0.3 is 0 Å². The van der Waals surface area contributed by atoms with Crippen LogP contribution in [0.4, 0.5) is 0 Å². The molecule has 25 heavy (non-hydrogen) atoms. The number of aryl methyl sites for hydroxylation is 1. The van der Waals surface area contributed by atoms with Gasteiger partial charge in [0.25, 0.3) is 0 Å². The molecule has 0 saturated carbocycles. The number of ether oxygens (including phenoxy) is 1. The van der Waals surface area contributed by atoms with Crippen LogP contribution >= 0.6 is 24.0 Å². The molecule has 2 N–H and O–H groups in total. The zero-order chi connectivity index (χ0) is 17.2. The highest BCUT2D eigenvalue weighted by Crippen LogP contribution is 2.09. The maximum atomic E-state index is 5.06. The third-order valence-corrected chi connectivity index (χ3v) is 3.63. The lowest BCUT2D eigenvalue weighted by Crippen LogP contribution is -2.38. The van der Waals surface area contributed by atoms with Crippen LogP contribution in [0.5, 0.6) is 0 Å². The van der Waals surface area contributed by atoms with Gasteiger partial charge in [-0.25, -0.2) is 9.98 Å². The first-order valence-corrected chi connectivity index (χ1v) is 8.29. The Kier molecular flexibility index (Phi) is 10.2. The van der Waals surface area contributed by atoms with E-state index >= 15 is 0 Å². The summed E-state index contributed by atoms with van der Waals surface area (Å²) in [6.45, 7) is 7.77. The van der Waals surface area contributed by atoms with E-state index in [9.17, 15) is 0 Å². The first-order valence-electron chi connectivity index (χ1n) is 8.29. The molecule has 0 bridgehead atoms. The fraction of sp³-hybridized carbons (Fsp3) is 0.444. The number of imidazole rings is 1. The van der Waals surface area contributed by atoms with Crippen LogP contribution in [0.1, 0.15) is 23.9 Å². The molecule has 6 nitrogen and oxygen atoms in total. The second-order valence-electron chi connectivity index (χ2n) is 5.54. The smallest absolute Gasteiger partial charge is 0.191 e. The topological polar surface area (TPSA) is 63.5 Å². The summed E-state index contributed by atoms with van der Waals surface area (Å²) in [5, 5.41) is 6.49. The molecule has 0 atom stereocenters. The Morgan fingerprint density at radius 1 is 1.28 bits per heavy atom. The van der Waals surface area contributed by atoms with Crippen LogP contribution in [0.3, 0.4) is 0 Å². The number of benzene rings is 1. The number of aromatic nitrogens is 2. The van der Waals surface area contributed by atoms with Crippen molar-refractivity contribution in [3.8, 4) is 0 Å². The summed E-state index contributed by atoms with van der Waals surface area (Å²) >= 11 is 0. The molecule has 138 valence electrons. The number of guanidine groups is 1. The number of nitrogens with one attached hydrogen (secondary N) is 2. The summed E-state index contributed by atoms with van der Waals surface area (Å²) in [5.41, 5.74) is 2.44. The Morgan fingerprint density at radius 2 is 2.08 bits per heavy atom. The van der Waals surface area contributed by atoms with Gasteiger partial charge in [-0.1, -0.05) is 24.3 Å². The predicted molar refractivity (Wildman–Crippen MR) is 113 cm³/mol. The van der Waals surface area contributed by atoms with Crippen molar-refractivity contribution in [3.63, 3.8) is 0 Å². The summed E-state index contributed by atoms with van der Waals surface area (Å²) in [4.78, 5) is 8.90. The molecule has 0 aliphatic heterocycles. The van der Waals surface area contributed by atoms with Gasteiger partial charge in [0.15, 0.2) is 5.96 Å². The average Bonchev–Trinajstić information content (AvgIpc) is 2.98. The van der Waals surface area contributed by atoms with Gasteiger partial charge < -0.3 is 19.9 Å². The number of rotatable bonds is 8. The molecule has 0 aliphatic carbocycles. The van der Waals surface area contributed by atoms with Gasteiger partial charge in [0.1, 0.15) is 5.82 Å².